The van der Waals surface area contributed by atoms with Crippen LogP contribution >= 0.6 is 23.5 Å². The molecule has 1 aromatic rings. The molecule has 54 valence electrons. The molecule has 0 fully saturated rings. The van der Waals surface area contributed by atoms with Crippen LogP contribution in [0.2, 0.25) is 0 Å². The standard InChI is InChI=1S/C5H6N2OS2/c1-9-7-5(8)4-2-6-10-3-4/h2-3H,1H3,(H,7,8). The van der Waals surface area contributed by atoms with Crippen LogP contribution in [0.25, 0.3) is 0 Å². The fraction of sp³-hybridized carbons (Fsp3) is 0.200. The maximum atomic E-state index is 10.9. The summed E-state index contributed by atoms with van der Waals surface area (Å²) >= 11 is 2.56. The third-order valence-corrected chi connectivity index (χ3v) is 1.87. The van der Waals surface area contributed by atoms with Gasteiger partial charge in [0, 0.05) is 11.6 Å². The van der Waals surface area contributed by atoms with Crippen molar-refractivity contribution < 1.29 is 4.79 Å². The van der Waals surface area contributed by atoms with Crippen molar-refractivity contribution in [2.45, 2.75) is 0 Å². The summed E-state index contributed by atoms with van der Waals surface area (Å²) in [5.41, 5.74) is 0.624. The van der Waals surface area contributed by atoms with Gasteiger partial charge in [-0.05, 0) is 11.5 Å². The zero-order valence-corrected chi connectivity index (χ0v) is 6.96. The van der Waals surface area contributed by atoms with Crippen LogP contribution in [0, 0.1) is 0 Å². The minimum absolute atomic E-state index is 0.0822. The highest BCUT2D eigenvalue weighted by atomic mass is 32.2. The van der Waals surface area contributed by atoms with Crippen molar-refractivity contribution in [1.29, 1.82) is 0 Å². The van der Waals surface area contributed by atoms with Gasteiger partial charge in [0.25, 0.3) is 5.91 Å². The minimum Gasteiger partial charge on any atom is -0.296 e. The lowest BCUT2D eigenvalue weighted by Crippen LogP contribution is -2.13. The molecule has 1 aromatic heterocycles. The van der Waals surface area contributed by atoms with Crippen LogP contribution in [0.3, 0.4) is 0 Å². The lowest BCUT2D eigenvalue weighted by atomic mass is 10.4. The van der Waals surface area contributed by atoms with Crippen molar-refractivity contribution in [3.05, 3.63) is 17.1 Å². The molecule has 0 aliphatic heterocycles. The van der Waals surface area contributed by atoms with E-state index in [9.17, 15) is 4.79 Å². The fourth-order valence-electron chi connectivity index (χ4n) is 0.469. The molecule has 1 heterocycles. The average Bonchev–Trinajstić information content (AvgIpc) is 2.38. The number of amides is 1. The second kappa shape index (κ2) is 3.58. The normalized spacial score (nSPS) is 9.30. The van der Waals surface area contributed by atoms with E-state index in [-0.39, 0.29) is 5.91 Å². The smallest absolute Gasteiger partial charge is 0.263 e. The number of hydrogen-bond donors (Lipinski definition) is 1. The molecule has 5 heteroatoms. The quantitative estimate of drug-likeness (QED) is 0.684. The van der Waals surface area contributed by atoms with E-state index in [0.29, 0.717) is 5.56 Å². The van der Waals surface area contributed by atoms with E-state index >= 15 is 0 Å². The van der Waals surface area contributed by atoms with Gasteiger partial charge in [-0.15, -0.1) is 0 Å². The Balaban J connectivity index is 2.59. The van der Waals surface area contributed by atoms with Crippen LogP contribution in [0.5, 0.6) is 0 Å². The van der Waals surface area contributed by atoms with E-state index in [1.165, 1.54) is 23.5 Å². The zero-order chi connectivity index (χ0) is 7.40. The molecule has 0 aromatic carbocycles. The molecule has 0 spiro atoms. The first-order valence-electron chi connectivity index (χ1n) is 2.57. The summed E-state index contributed by atoms with van der Waals surface area (Å²) in [5.74, 6) is -0.0822. The lowest BCUT2D eigenvalue weighted by molar-refractivity contribution is 0.0985. The summed E-state index contributed by atoms with van der Waals surface area (Å²) in [6.07, 6.45) is 3.36. The van der Waals surface area contributed by atoms with Crippen LogP contribution in [-0.2, 0) is 0 Å². The molecule has 1 amide bonds. The van der Waals surface area contributed by atoms with Gasteiger partial charge in [0.15, 0.2) is 0 Å². The van der Waals surface area contributed by atoms with Gasteiger partial charge >= 0.3 is 0 Å². The number of rotatable bonds is 2. The summed E-state index contributed by atoms with van der Waals surface area (Å²) < 4.78 is 6.39. The molecule has 0 aliphatic carbocycles. The first-order chi connectivity index (χ1) is 4.84. The Morgan fingerprint density at radius 1 is 1.90 bits per heavy atom. The highest BCUT2D eigenvalue weighted by molar-refractivity contribution is 7.97. The maximum Gasteiger partial charge on any atom is 0.263 e. The molecule has 0 saturated heterocycles. The van der Waals surface area contributed by atoms with Gasteiger partial charge in [0.1, 0.15) is 0 Å². The van der Waals surface area contributed by atoms with Gasteiger partial charge in [0.05, 0.1) is 11.8 Å². The summed E-state index contributed by atoms with van der Waals surface area (Å²) in [5, 5.41) is 1.71. The number of carbonyl (C=O) groups excluding carboxylic acids is 1. The largest absolute Gasteiger partial charge is 0.296 e. The molecule has 1 rings (SSSR count). The Kier molecular flexibility index (Phi) is 2.70. The van der Waals surface area contributed by atoms with Gasteiger partial charge in [-0.2, -0.15) is 0 Å². The van der Waals surface area contributed by atoms with Crippen LogP contribution in [0.15, 0.2) is 11.6 Å². The molecule has 0 unspecified atom stereocenters. The lowest BCUT2D eigenvalue weighted by Gasteiger charge is -1.94. The Hall–Kier alpha value is -0.550. The van der Waals surface area contributed by atoms with Gasteiger partial charge < -0.3 is 0 Å². The Labute approximate surface area is 67.1 Å². The van der Waals surface area contributed by atoms with E-state index in [1.807, 2.05) is 0 Å². The topological polar surface area (TPSA) is 42.0 Å². The van der Waals surface area contributed by atoms with Crippen LogP contribution in [-0.4, -0.2) is 16.5 Å². The van der Waals surface area contributed by atoms with Gasteiger partial charge in [-0.25, -0.2) is 4.37 Å². The van der Waals surface area contributed by atoms with E-state index < -0.39 is 0 Å². The van der Waals surface area contributed by atoms with E-state index in [0.717, 1.165) is 0 Å². The van der Waals surface area contributed by atoms with Crippen molar-refractivity contribution in [2.75, 3.05) is 6.26 Å². The van der Waals surface area contributed by atoms with E-state index in [1.54, 1.807) is 17.8 Å². The van der Waals surface area contributed by atoms with Crippen LogP contribution < -0.4 is 4.72 Å². The fourth-order valence-corrected chi connectivity index (χ4v) is 1.29. The number of nitrogens with one attached hydrogen (secondary N) is 1. The van der Waals surface area contributed by atoms with E-state index in [4.69, 9.17) is 0 Å². The predicted molar refractivity (Wildman–Crippen MR) is 43.1 cm³/mol. The highest BCUT2D eigenvalue weighted by Crippen LogP contribution is 2.01. The Morgan fingerprint density at radius 3 is 3.20 bits per heavy atom. The molecule has 0 atom stereocenters. The SMILES string of the molecule is CSNC(=O)c1cnsc1. The zero-order valence-electron chi connectivity index (χ0n) is 5.33. The van der Waals surface area contributed by atoms with Gasteiger partial charge in [-0.1, -0.05) is 11.9 Å². The van der Waals surface area contributed by atoms with Gasteiger partial charge in [0.2, 0.25) is 0 Å². The monoisotopic (exact) mass is 174 g/mol. The number of hydrogen-bond acceptors (Lipinski definition) is 4. The van der Waals surface area contributed by atoms with Gasteiger partial charge in [-0.3, -0.25) is 9.52 Å². The summed E-state index contributed by atoms with van der Waals surface area (Å²) in [6, 6.07) is 0. The van der Waals surface area contributed by atoms with Crippen molar-refractivity contribution in [2.24, 2.45) is 0 Å². The maximum absolute atomic E-state index is 10.9. The minimum atomic E-state index is -0.0822. The second-order valence-electron chi connectivity index (χ2n) is 1.55. The number of carbonyl (C=O) groups is 1. The summed E-state index contributed by atoms with van der Waals surface area (Å²) in [4.78, 5) is 10.9. The summed E-state index contributed by atoms with van der Waals surface area (Å²) in [7, 11) is 0. The molecule has 0 aliphatic rings. The van der Waals surface area contributed by atoms with Crippen molar-refractivity contribution in [1.82, 2.24) is 9.10 Å². The average molecular weight is 174 g/mol. The van der Waals surface area contributed by atoms with E-state index in [2.05, 4.69) is 9.10 Å². The molecule has 0 saturated carbocycles. The molecular weight excluding hydrogens is 168 g/mol. The molecule has 0 bridgehead atoms. The number of aromatic nitrogens is 1. The first-order valence-corrected chi connectivity index (χ1v) is 4.63. The van der Waals surface area contributed by atoms with Crippen molar-refractivity contribution >= 4 is 29.4 Å². The number of nitrogens with zero attached hydrogens (tertiary/aromatic N) is 1. The summed E-state index contributed by atoms with van der Waals surface area (Å²) in [6.45, 7) is 0. The van der Waals surface area contributed by atoms with Crippen LogP contribution in [0.4, 0.5) is 0 Å². The molecule has 1 N–H and O–H groups in total. The first kappa shape index (κ1) is 7.56. The van der Waals surface area contributed by atoms with Crippen molar-refractivity contribution in [3.63, 3.8) is 0 Å². The molecule has 0 radical (unpaired) electrons. The Morgan fingerprint density at radius 2 is 2.70 bits per heavy atom. The van der Waals surface area contributed by atoms with Crippen LogP contribution in [0.1, 0.15) is 10.4 Å². The third-order valence-electron chi connectivity index (χ3n) is 0.889. The molecule has 10 heavy (non-hydrogen) atoms. The predicted octanol–water partition coefficient (Wildman–Crippen LogP) is 1.15. The third kappa shape index (κ3) is 1.71. The highest BCUT2D eigenvalue weighted by Gasteiger charge is 2.03. The molecular formula is C5H6N2OS2. The molecule has 3 nitrogen and oxygen atoms in total. The van der Waals surface area contributed by atoms with Crippen molar-refractivity contribution in [3.8, 4) is 0 Å². The second-order valence-corrected chi connectivity index (χ2v) is 2.82. The Bertz CT molecular complexity index is 209.